The molecule has 0 aliphatic heterocycles. The molecule has 6 heteroatoms. The van der Waals surface area contributed by atoms with Crippen LogP contribution >= 0.6 is 15.9 Å². The molecule has 1 N–H and O–H groups in total. The number of ether oxygens (including phenoxy) is 1. The highest BCUT2D eigenvalue weighted by Gasteiger charge is 2.12. The smallest absolute Gasteiger partial charge is 0.181 e. The first-order valence-corrected chi connectivity index (χ1v) is 6.58. The van der Waals surface area contributed by atoms with Crippen molar-refractivity contribution in [3.63, 3.8) is 0 Å². The number of aromatic nitrogens is 1. The van der Waals surface area contributed by atoms with Crippen LogP contribution in [0, 0.1) is 5.82 Å². The Morgan fingerprint density at radius 3 is 3.00 bits per heavy atom. The molecular formula is C13H14BrFN2O2. The molecule has 1 heterocycles. The van der Waals surface area contributed by atoms with E-state index in [2.05, 4.69) is 26.2 Å². The molecule has 0 unspecified atom stereocenters. The second-order valence-electron chi connectivity index (χ2n) is 3.96. The zero-order valence-electron chi connectivity index (χ0n) is 10.5. The van der Waals surface area contributed by atoms with Gasteiger partial charge in [0.15, 0.2) is 12.2 Å². The van der Waals surface area contributed by atoms with Gasteiger partial charge in [-0.3, -0.25) is 0 Å². The van der Waals surface area contributed by atoms with E-state index in [1.54, 1.807) is 13.2 Å². The largest absolute Gasteiger partial charge is 0.443 e. The maximum atomic E-state index is 13.4. The number of benzene rings is 1. The number of halogens is 2. The summed E-state index contributed by atoms with van der Waals surface area (Å²) in [5, 5.41) is 3.18. The molecule has 0 aliphatic carbocycles. The molecule has 19 heavy (non-hydrogen) atoms. The van der Waals surface area contributed by atoms with Crippen LogP contribution in [0.25, 0.3) is 11.3 Å². The van der Waals surface area contributed by atoms with E-state index in [1.807, 2.05) is 0 Å². The van der Waals surface area contributed by atoms with Crippen LogP contribution in [0.5, 0.6) is 0 Å². The molecule has 0 saturated heterocycles. The van der Waals surface area contributed by atoms with E-state index in [0.717, 1.165) is 12.2 Å². The van der Waals surface area contributed by atoms with Gasteiger partial charge in [0, 0.05) is 30.2 Å². The monoisotopic (exact) mass is 328 g/mol. The van der Waals surface area contributed by atoms with Crippen molar-refractivity contribution in [2.45, 2.75) is 6.54 Å². The van der Waals surface area contributed by atoms with Gasteiger partial charge in [0.1, 0.15) is 11.5 Å². The molecule has 0 aliphatic rings. The number of oxazole rings is 1. The second-order valence-corrected chi connectivity index (χ2v) is 4.87. The first-order valence-electron chi connectivity index (χ1n) is 5.79. The Morgan fingerprint density at radius 2 is 2.26 bits per heavy atom. The maximum absolute atomic E-state index is 13.4. The molecule has 102 valence electrons. The van der Waals surface area contributed by atoms with E-state index < -0.39 is 0 Å². The van der Waals surface area contributed by atoms with Crippen LogP contribution in [0.2, 0.25) is 0 Å². The quantitative estimate of drug-likeness (QED) is 0.828. The third-order valence-corrected chi connectivity index (χ3v) is 3.00. The van der Waals surface area contributed by atoms with Crippen LogP contribution in [-0.2, 0) is 11.3 Å². The molecular weight excluding hydrogens is 315 g/mol. The lowest BCUT2D eigenvalue weighted by molar-refractivity contribution is 0.199. The molecule has 0 saturated carbocycles. The summed E-state index contributed by atoms with van der Waals surface area (Å²) in [7, 11) is 1.65. The van der Waals surface area contributed by atoms with Crippen molar-refractivity contribution < 1.29 is 13.5 Å². The van der Waals surface area contributed by atoms with Crippen LogP contribution in [0.1, 0.15) is 5.69 Å². The van der Waals surface area contributed by atoms with Gasteiger partial charge in [-0.2, -0.15) is 0 Å². The van der Waals surface area contributed by atoms with Gasteiger partial charge >= 0.3 is 0 Å². The van der Waals surface area contributed by atoms with E-state index in [-0.39, 0.29) is 5.82 Å². The highest BCUT2D eigenvalue weighted by Crippen LogP contribution is 2.27. The lowest BCUT2D eigenvalue weighted by atomic mass is 10.1. The molecule has 4 nitrogen and oxygen atoms in total. The van der Waals surface area contributed by atoms with E-state index in [4.69, 9.17) is 9.15 Å². The predicted octanol–water partition coefficient (Wildman–Crippen LogP) is 2.98. The summed E-state index contributed by atoms with van der Waals surface area (Å²) in [6, 6.07) is 4.61. The molecule has 0 amide bonds. The van der Waals surface area contributed by atoms with Gasteiger partial charge in [0.05, 0.1) is 6.61 Å². The lowest BCUT2D eigenvalue weighted by Gasteiger charge is -2.04. The first-order chi connectivity index (χ1) is 9.20. The zero-order chi connectivity index (χ0) is 13.7. The molecule has 0 atom stereocenters. The van der Waals surface area contributed by atoms with E-state index in [9.17, 15) is 4.39 Å². The topological polar surface area (TPSA) is 47.3 Å². The molecule has 1 aromatic carbocycles. The van der Waals surface area contributed by atoms with Crippen molar-refractivity contribution >= 4 is 15.9 Å². The molecule has 0 fully saturated rings. The Kier molecular flexibility index (Phi) is 5.07. The Balaban J connectivity index is 2.14. The van der Waals surface area contributed by atoms with E-state index >= 15 is 0 Å². The Morgan fingerprint density at radius 1 is 1.42 bits per heavy atom. The fourth-order valence-corrected chi connectivity index (χ4v) is 2.16. The highest BCUT2D eigenvalue weighted by atomic mass is 79.9. The van der Waals surface area contributed by atoms with Gasteiger partial charge in [0.2, 0.25) is 0 Å². The second kappa shape index (κ2) is 6.79. The van der Waals surface area contributed by atoms with Crippen LogP contribution in [0.4, 0.5) is 4.39 Å². The summed E-state index contributed by atoms with van der Waals surface area (Å²) < 4.78 is 24.3. The SMILES string of the molecule is COCCNCc1ncoc1-c1cc(F)cc(Br)c1. The summed E-state index contributed by atoms with van der Waals surface area (Å²) in [6.07, 6.45) is 1.36. The fourth-order valence-electron chi connectivity index (χ4n) is 1.70. The van der Waals surface area contributed by atoms with E-state index in [0.29, 0.717) is 28.9 Å². The van der Waals surface area contributed by atoms with Crippen molar-refractivity contribution in [3.05, 3.63) is 40.6 Å². The summed E-state index contributed by atoms with van der Waals surface area (Å²) in [5.74, 6) is 0.254. The van der Waals surface area contributed by atoms with Crippen molar-refractivity contribution in [1.29, 1.82) is 0 Å². The molecule has 0 bridgehead atoms. The van der Waals surface area contributed by atoms with Gasteiger partial charge in [-0.1, -0.05) is 15.9 Å². The number of rotatable bonds is 6. The number of methoxy groups -OCH3 is 1. The summed E-state index contributed by atoms with van der Waals surface area (Å²) in [6.45, 7) is 1.89. The van der Waals surface area contributed by atoms with Gasteiger partial charge in [-0.05, 0) is 18.2 Å². The van der Waals surface area contributed by atoms with Crippen molar-refractivity contribution in [2.75, 3.05) is 20.3 Å². The summed E-state index contributed by atoms with van der Waals surface area (Å²) in [5.41, 5.74) is 1.40. The van der Waals surface area contributed by atoms with Gasteiger partial charge in [-0.25, -0.2) is 9.37 Å². The minimum absolute atomic E-state index is 0.320. The average molecular weight is 329 g/mol. The number of hydrogen-bond acceptors (Lipinski definition) is 4. The van der Waals surface area contributed by atoms with Gasteiger partial charge < -0.3 is 14.5 Å². The summed E-state index contributed by atoms with van der Waals surface area (Å²) >= 11 is 3.26. The normalized spacial score (nSPS) is 10.9. The first kappa shape index (κ1) is 14.2. The number of nitrogens with one attached hydrogen (secondary N) is 1. The third-order valence-electron chi connectivity index (χ3n) is 2.54. The van der Waals surface area contributed by atoms with Gasteiger partial charge in [-0.15, -0.1) is 0 Å². The van der Waals surface area contributed by atoms with Crippen LogP contribution in [-0.4, -0.2) is 25.2 Å². The Bertz CT molecular complexity index is 525. The lowest BCUT2D eigenvalue weighted by Crippen LogP contribution is -2.19. The molecule has 2 aromatic rings. The Hall–Kier alpha value is -1.24. The minimum atomic E-state index is -0.320. The average Bonchev–Trinajstić information content (AvgIpc) is 2.82. The molecule has 1 aromatic heterocycles. The summed E-state index contributed by atoms with van der Waals surface area (Å²) in [4.78, 5) is 4.14. The van der Waals surface area contributed by atoms with Crippen LogP contribution < -0.4 is 5.32 Å². The molecule has 0 radical (unpaired) electrons. The fraction of sp³-hybridized carbons (Fsp3) is 0.308. The van der Waals surface area contributed by atoms with Crippen molar-refractivity contribution in [2.24, 2.45) is 0 Å². The third kappa shape index (κ3) is 3.86. The maximum Gasteiger partial charge on any atom is 0.181 e. The molecule has 2 rings (SSSR count). The van der Waals surface area contributed by atoms with Crippen molar-refractivity contribution in [3.8, 4) is 11.3 Å². The van der Waals surface area contributed by atoms with Gasteiger partial charge in [0.25, 0.3) is 0 Å². The Labute approximate surface area is 119 Å². The van der Waals surface area contributed by atoms with Crippen LogP contribution in [0.3, 0.4) is 0 Å². The standard InChI is InChI=1S/C13H14BrFN2O2/c1-18-3-2-16-7-12-13(19-8-17-12)9-4-10(14)6-11(15)5-9/h4-6,8,16H,2-3,7H2,1H3. The highest BCUT2D eigenvalue weighted by molar-refractivity contribution is 9.10. The van der Waals surface area contributed by atoms with Crippen LogP contribution in [0.15, 0.2) is 33.5 Å². The predicted molar refractivity (Wildman–Crippen MR) is 73.2 cm³/mol. The number of nitrogens with zero attached hydrogens (tertiary/aromatic N) is 1. The van der Waals surface area contributed by atoms with E-state index in [1.165, 1.54) is 18.5 Å². The minimum Gasteiger partial charge on any atom is -0.443 e. The zero-order valence-corrected chi connectivity index (χ0v) is 12.0. The number of hydrogen-bond donors (Lipinski definition) is 1. The van der Waals surface area contributed by atoms with Crippen molar-refractivity contribution in [1.82, 2.24) is 10.3 Å². The molecule has 0 spiro atoms.